The molecule has 3 aromatic carbocycles. The van der Waals surface area contributed by atoms with Gasteiger partial charge in [0.25, 0.3) is 11.8 Å². The van der Waals surface area contributed by atoms with Crippen LogP contribution in [0.1, 0.15) is 26.3 Å². The molecule has 0 aliphatic heterocycles. The second-order valence-electron chi connectivity index (χ2n) is 6.07. The number of phenols is 1. The molecule has 0 aliphatic carbocycles. The third-order valence-electron chi connectivity index (χ3n) is 4.05. The van der Waals surface area contributed by atoms with Crippen molar-refractivity contribution < 1.29 is 14.7 Å². The van der Waals surface area contributed by atoms with Gasteiger partial charge < -0.3 is 15.7 Å². The normalized spacial score (nSPS) is 10.2. The molecule has 0 aromatic heterocycles. The van der Waals surface area contributed by atoms with E-state index in [0.717, 1.165) is 5.56 Å². The van der Waals surface area contributed by atoms with Crippen molar-refractivity contribution in [2.45, 2.75) is 6.42 Å². The highest BCUT2D eigenvalue weighted by atomic mass is 16.3. The quantitative estimate of drug-likeness (QED) is 0.628. The maximum atomic E-state index is 12.2. The number of benzene rings is 3. The molecule has 5 nitrogen and oxygen atoms in total. The van der Waals surface area contributed by atoms with Crippen LogP contribution in [0.15, 0.2) is 78.9 Å². The van der Waals surface area contributed by atoms with Gasteiger partial charge in [-0.1, -0.05) is 30.3 Å². The molecule has 0 heterocycles. The van der Waals surface area contributed by atoms with Crippen LogP contribution in [-0.2, 0) is 6.42 Å². The zero-order chi connectivity index (χ0) is 19.1. The van der Waals surface area contributed by atoms with E-state index in [9.17, 15) is 14.7 Å². The average molecular weight is 360 g/mol. The van der Waals surface area contributed by atoms with Crippen LogP contribution in [0.4, 0.5) is 5.69 Å². The van der Waals surface area contributed by atoms with Crippen molar-refractivity contribution in [1.82, 2.24) is 5.32 Å². The van der Waals surface area contributed by atoms with Crippen molar-refractivity contribution in [2.24, 2.45) is 0 Å². The zero-order valence-electron chi connectivity index (χ0n) is 14.7. The SMILES string of the molecule is O=C(NCCc1cccc(O)c1)c1ccc(NC(=O)c2ccccc2)cc1. The lowest BCUT2D eigenvalue weighted by atomic mass is 10.1. The summed E-state index contributed by atoms with van der Waals surface area (Å²) in [6.45, 7) is 0.467. The van der Waals surface area contributed by atoms with Gasteiger partial charge in [-0.15, -0.1) is 0 Å². The maximum Gasteiger partial charge on any atom is 0.255 e. The number of hydrogen-bond acceptors (Lipinski definition) is 3. The minimum absolute atomic E-state index is 0.184. The summed E-state index contributed by atoms with van der Waals surface area (Å²) in [5, 5.41) is 15.1. The van der Waals surface area contributed by atoms with E-state index in [-0.39, 0.29) is 17.6 Å². The summed E-state index contributed by atoms with van der Waals surface area (Å²) in [5.74, 6) is -0.165. The Morgan fingerprint density at radius 2 is 1.48 bits per heavy atom. The third-order valence-corrected chi connectivity index (χ3v) is 4.05. The Hall–Kier alpha value is -3.60. The molecule has 0 atom stereocenters. The van der Waals surface area contributed by atoms with Gasteiger partial charge in [0.1, 0.15) is 5.75 Å². The fourth-order valence-corrected chi connectivity index (χ4v) is 2.63. The summed E-state index contributed by atoms with van der Waals surface area (Å²) >= 11 is 0. The topological polar surface area (TPSA) is 78.4 Å². The molecule has 0 bridgehead atoms. The highest BCUT2D eigenvalue weighted by Crippen LogP contribution is 2.13. The molecule has 0 saturated heterocycles. The van der Waals surface area contributed by atoms with Crippen molar-refractivity contribution >= 4 is 17.5 Å². The molecule has 0 saturated carbocycles. The van der Waals surface area contributed by atoms with Gasteiger partial charge >= 0.3 is 0 Å². The van der Waals surface area contributed by atoms with Gasteiger partial charge in [-0.05, 0) is 60.5 Å². The Kier molecular flexibility index (Phi) is 5.84. The highest BCUT2D eigenvalue weighted by molar-refractivity contribution is 6.04. The Morgan fingerprint density at radius 3 is 2.19 bits per heavy atom. The van der Waals surface area contributed by atoms with Crippen molar-refractivity contribution in [2.75, 3.05) is 11.9 Å². The van der Waals surface area contributed by atoms with Gasteiger partial charge in [-0.25, -0.2) is 0 Å². The lowest BCUT2D eigenvalue weighted by molar-refractivity contribution is 0.0953. The Morgan fingerprint density at radius 1 is 0.778 bits per heavy atom. The zero-order valence-corrected chi connectivity index (χ0v) is 14.7. The molecular weight excluding hydrogens is 340 g/mol. The smallest absolute Gasteiger partial charge is 0.255 e. The summed E-state index contributed by atoms with van der Waals surface area (Å²) in [6.07, 6.45) is 0.630. The molecule has 5 heteroatoms. The first kappa shape index (κ1) is 18.2. The first-order chi connectivity index (χ1) is 13.1. The van der Waals surface area contributed by atoms with E-state index in [1.54, 1.807) is 66.7 Å². The van der Waals surface area contributed by atoms with Gasteiger partial charge in [-0.2, -0.15) is 0 Å². The van der Waals surface area contributed by atoms with Gasteiger partial charge in [0, 0.05) is 23.4 Å². The molecule has 0 unspecified atom stereocenters. The van der Waals surface area contributed by atoms with Crippen molar-refractivity contribution in [1.29, 1.82) is 0 Å². The number of phenolic OH excluding ortho intramolecular Hbond substituents is 1. The predicted octanol–water partition coefficient (Wildman–Crippen LogP) is 3.62. The standard InChI is InChI=1S/C22H20N2O3/c25-20-8-4-5-16(15-20)13-14-23-21(26)18-9-11-19(12-10-18)24-22(27)17-6-2-1-3-7-17/h1-12,15,25H,13-14H2,(H,23,26)(H,24,27). The van der Waals surface area contributed by atoms with Gasteiger partial charge in [-0.3, -0.25) is 9.59 Å². The Bertz CT molecular complexity index is 922. The molecule has 0 fully saturated rings. The Balaban J connectivity index is 1.52. The van der Waals surface area contributed by atoms with Crippen LogP contribution in [0.2, 0.25) is 0 Å². The number of carbonyl (C=O) groups is 2. The summed E-state index contributed by atoms with van der Waals surface area (Å²) < 4.78 is 0. The number of anilines is 1. The first-order valence-electron chi connectivity index (χ1n) is 8.64. The minimum Gasteiger partial charge on any atom is -0.508 e. The predicted molar refractivity (Wildman–Crippen MR) is 105 cm³/mol. The van der Waals surface area contributed by atoms with Crippen LogP contribution in [0.3, 0.4) is 0 Å². The number of hydrogen-bond donors (Lipinski definition) is 3. The van der Waals surface area contributed by atoms with E-state index in [2.05, 4.69) is 10.6 Å². The summed E-state index contributed by atoms with van der Waals surface area (Å²) in [6, 6.07) is 22.6. The number of rotatable bonds is 6. The van der Waals surface area contributed by atoms with Crippen LogP contribution in [-0.4, -0.2) is 23.5 Å². The van der Waals surface area contributed by atoms with Crippen LogP contribution in [0, 0.1) is 0 Å². The van der Waals surface area contributed by atoms with E-state index in [1.165, 1.54) is 0 Å². The van der Waals surface area contributed by atoms with Gasteiger partial charge in [0.05, 0.1) is 0 Å². The van der Waals surface area contributed by atoms with Crippen molar-refractivity contribution in [3.8, 4) is 5.75 Å². The number of amides is 2. The van der Waals surface area contributed by atoms with Gasteiger partial charge in [0.2, 0.25) is 0 Å². The number of carbonyl (C=O) groups excluding carboxylic acids is 2. The van der Waals surface area contributed by atoms with Crippen molar-refractivity contribution in [3.63, 3.8) is 0 Å². The van der Waals surface area contributed by atoms with E-state index in [0.29, 0.717) is 29.8 Å². The average Bonchev–Trinajstić information content (AvgIpc) is 2.69. The fraction of sp³-hybridized carbons (Fsp3) is 0.0909. The number of aromatic hydroxyl groups is 1. The molecule has 0 radical (unpaired) electrons. The lowest BCUT2D eigenvalue weighted by Crippen LogP contribution is -2.25. The summed E-state index contributed by atoms with van der Waals surface area (Å²) in [5.41, 5.74) is 2.67. The molecule has 0 aliphatic rings. The van der Waals surface area contributed by atoms with Crippen LogP contribution in [0.25, 0.3) is 0 Å². The molecule has 2 amide bonds. The van der Waals surface area contributed by atoms with Crippen molar-refractivity contribution in [3.05, 3.63) is 95.6 Å². The van der Waals surface area contributed by atoms with Gasteiger partial charge in [0.15, 0.2) is 0 Å². The molecule has 3 N–H and O–H groups in total. The summed E-state index contributed by atoms with van der Waals surface area (Å²) in [4.78, 5) is 24.3. The minimum atomic E-state index is -0.195. The largest absolute Gasteiger partial charge is 0.508 e. The second-order valence-corrected chi connectivity index (χ2v) is 6.07. The molecular formula is C22H20N2O3. The van der Waals surface area contributed by atoms with E-state index >= 15 is 0 Å². The highest BCUT2D eigenvalue weighted by Gasteiger charge is 2.08. The first-order valence-corrected chi connectivity index (χ1v) is 8.64. The molecule has 3 rings (SSSR count). The monoisotopic (exact) mass is 360 g/mol. The Labute approximate surface area is 157 Å². The molecule has 136 valence electrons. The maximum absolute atomic E-state index is 12.2. The number of nitrogens with one attached hydrogen (secondary N) is 2. The molecule has 3 aromatic rings. The van der Waals surface area contributed by atoms with E-state index in [1.807, 2.05) is 12.1 Å². The lowest BCUT2D eigenvalue weighted by Gasteiger charge is -2.08. The van der Waals surface area contributed by atoms with E-state index < -0.39 is 0 Å². The summed E-state index contributed by atoms with van der Waals surface area (Å²) in [7, 11) is 0. The molecule has 0 spiro atoms. The second kappa shape index (κ2) is 8.67. The van der Waals surface area contributed by atoms with Crippen LogP contribution < -0.4 is 10.6 Å². The molecule has 27 heavy (non-hydrogen) atoms. The van der Waals surface area contributed by atoms with Crippen LogP contribution in [0.5, 0.6) is 5.75 Å². The third kappa shape index (κ3) is 5.19. The van der Waals surface area contributed by atoms with Crippen LogP contribution >= 0.6 is 0 Å². The fourth-order valence-electron chi connectivity index (χ4n) is 2.63. The van der Waals surface area contributed by atoms with E-state index in [4.69, 9.17) is 0 Å².